The summed E-state index contributed by atoms with van der Waals surface area (Å²) in [5.41, 5.74) is 0.285. The second-order valence-corrected chi connectivity index (χ2v) is 5.50. The smallest absolute Gasteiger partial charge is 0.306 e. The van der Waals surface area contributed by atoms with Gasteiger partial charge in [0.25, 0.3) is 0 Å². The van der Waals surface area contributed by atoms with Gasteiger partial charge in [0.15, 0.2) is 0 Å². The van der Waals surface area contributed by atoms with Gasteiger partial charge in [-0.15, -0.1) is 0 Å². The molecule has 2 heteroatoms. The van der Waals surface area contributed by atoms with E-state index in [0.29, 0.717) is 6.42 Å². The maximum Gasteiger partial charge on any atom is 0.306 e. The van der Waals surface area contributed by atoms with Gasteiger partial charge in [-0.25, -0.2) is 0 Å². The van der Waals surface area contributed by atoms with Gasteiger partial charge >= 0.3 is 5.97 Å². The van der Waals surface area contributed by atoms with Crippen LogP contribution in [-0.2, 0) is 9.53 Å². The third-order valence-corrected chi connectivity index (χ3v) is 4.92. The summed E-state index contributed by atoms with van der Waals surface area (Å²) in [6.45, 7) is 3.03. The second kappa shape index (κ2) is 2.74. The van der Waals surface area contributed by atoms with Gasteiger partial charge in [-0.2, -0.15) is 0 Å². The molecule has 1 heterocycles. The molecule has 2 bridgehead atoms. The van der Waals surface area contributed by atoms with Gasteiger partial charge in [0.05, 0.1) is 13.0 Å². The lowest BCUT2D eigenvalue weighted by Gasteiger charge is -2.34. The number of carbonyl (C=O) groups is 1. The largest absolute Gasteiger partial charge is 0.465 e. The van der Waals surface area contributed by atoms with Crippen LogP contribution in [0.3, 0.4) is 0 Å². The van der Waals surface area contributed by atoms with Crippen LogP contribution in [0.5, 0.6) is 0 Å². The van der Waals surface area contributed by atoms with Gasteiger partial charge in [-0.1, -0.05) is 13.3 Å². The van der Waals surface area contributed by atoms with Crippen molar-refractivity contribution in [3.05, 3.63) is 0 Å². The summed E-state index contributed by atoms with van der Waals surface area (Å²) in [5, 5.41) is 0. The third kappa shape index (κ3) is 0.999. The molecule has 0 amide bonds. The van der Waals surface area contributed by atoms with Crippen molar-refractivity contribution in [2.24, 2.45) is 23.2 Å². The molecule has 2 aliphatic carbocycles. The fourth-order valence-electron chi connectivity index (χ4n) is 4.16. The number of esters is 1. The van der Waals surface area contributed by atoms with E-state index in [1.807, 2.05) is 0 Å². The number of cyclic esters (lactones) is 1. The van der Waals surface area contributed by atoms with E-state index in [4.69, 9.17) is 4.74 Å². The Morgan fingerprint density at radius 3 is 2.86 bits per heavy atom. The molecular formula is C12H18O2. The molecule has 0 radical (unpaired) electrons. The van der Waals surface area contributed by atoms with E-state index in [1.165, 1.54) is 25.7 Å². The van der Waals surface area contributed by atoms with Crippen LogP contribution in [-0.4, -0.2) is 12.6 Å². The second-order valence-electron chi connectivity index (χ2n) is 5.50. The molecule has 2 saturated carbocycles. The summed E-state index contributed by atoms with van der Waals surface area (Å²) in [6, 6.07) is 0. The number of carbonyl (C=O) groups excluding carboxylic acids is 1. The van der Waals surface area contributed by atoms with Crippen molar-refractivity contribution in [3.63, 3.8) is 0 Å². The van der Waals surface area contributed by atoms with Crippen LogP contribution < -0.4 is 0 Å². The molecule has 3 fully saturated rings. The van der Waals surface area contributed by atoms with Gasteiger partial charge in [-0.3, -0.25) is 4.79 Å². The normalized spacial score (nSPS) is 50.4. The van der Waals surface area contributed by atoms with Crippen LogP contribution in [0.25, 0.3) is 0 Å². The van der Waals surface area contributed by atoms with E-state index in [0.717, 1.165) is 24.4 Å². The maximum atomic E-state index is 11.2. The predicted octanol–water partition coefficient (Wildman–Crippen LogP) is 2.38. The Bertz CT molecular complexity index is 273. The summed E-state index contributed by atoms with van der Waals surface area (Å²) in [4.78, 5) is 11.2. The molecule has 2 nitrogen and oxygen atoms in total. The molecule has 0 aromatic rings. The highest BCUT2D eigenvalue weighted by Crippen LogP contribution is 2.62. The number of rotatable bonds is 1. The summed E-state index contributed by atoms with van der Waals surface area (Å²) in [6.07, 6.45) is 6.03. The number of hydrogen-bond donors (Lipinski definition) is 0. The standard InChI is InChI=1S/C12H18O2/c1-2-8-3-10-4-9(8)5-12(10)6-11(13)14-7-12/h8-10H,2-7H2,1H3. The van der Waals surface area contributed by atoms with E-state index in [9.17, 15) is 4.79 Å². The molecule has 78 valence electrons. The summed E-state index contributed by atoms with van der Waals surface area (Å²) < 4.78 is 5.17. The van der Waals surface area contributed by atoms with Crippen molar-refractivity contribution >= 4 is 5.97 Å². The molecule has 1 spiro atoms. The lowest BCUT2D eigenvalue weighted by atomic mass is 9.69. The minimum atomic E-state index is 0.0469. The zero-order valence-corrected chi connectivity index (χ0v) is 8.79. The Balaban J connectivity index is 1.79. The molecule has 3 aliphatic rings. The van der Waals surface area contributed by atoms with Crippen molar-refractivity contribution in [2.75, 3.05) is 6.61 Å². The van der Waals surface area contributed by atoms with E-state index < -0.39 is 0 Å². The first-order valence-corrected chi connectivity index (χ1v) is 5.89. The summed E-state index contributed by atoms with van der Waals surface area (Å²) >= 11 is 0. The first-order valence-electron chi connectivity index (χ1n) is 5.89. The Labute approximate surface area is 85.0 Å². The lowest BCUT2D eigenvalue weighted by Crippen LogP contribution is -2.31. The van der Waals surface area contributed by atoms with Crippen molar-refractivity contribution in [1.29, 1.82) is 0 Å². The van der Waals surface area contributed by atoms with Crippen molar-refractivity contribution in [2.45, 2.75) is 39.0 Å². The fourth-order valence-corrected chi connectivity index (χ4v) is 4.16. The number of fused-ring (bicyclic) bond motifs is 3. The van der Waals surface area contributed by atoms with Gasteiger partial charge in [-0.05, 0) is 37.0 Å². The average Bonchev–Trinajstić information content (AvgIpc) is 2.80. The van der Waals surface area contributed by atoms with Crippen LogP contribution in [0.15, 0.2) is 0 Å². The van der Waals surface area contributed by atoms with Crippen LogP contribution in [0, 0.1) is 23.2 Å². The van der Waals surface area contributed by atoms with Crippen LogP contribution in [0.4, 0.5) is 0 Å². The first-order chi connectivity index (χ1) is 6.73. The predicted molar refractivity (Wildman–Crippen MR) is 52.6 cm³/mol. The summed E-state index contributed by atoms with van der Waals surface area (Å²) in [5.74, 6) is 2.69. The highest BCUT2D eigenvalue weighted by Gasteiger charge is 2.57. The van der Waals surface area contributed by atoms with E-state index in [1.54, 1.807) is 0 Å². The fraction of sp³-hybridized carbons (Fsp3) is 0.917. The Morgan fingerprint density at radius 2 is 2.36 bits per heavy atom. The molecule has 3 rings (SSSR count). The molecule has 4 atom stereocenters. The molecule has 1 saturated heterocycles. The average molecular weight is 194 g/mol. The molecule has 0 N–H and O–H groups in total. The molecule has 4 unspecified atom stereocenters. The molecule has 14 heavy (non-hydrogen) atoms. The maximum absolute atomic E-state index is 11.2. The van der Waals surface area contributed by atoms with Crippen LogP contribution in [0.1, 0.15) is 39.0 Å². The van der Waals surface area contributed by atoms with E-state index >= 15 is 0 Å². The summed E-state index contributed by atoms with van der Waals surface area (Å²) in [7, 11) is 0. The molecule has 1 aliphatic heterocycles. The van der Waals surface area contributed by atoms with Crippen LogP contribution >= 0.6 is 0 Å². The monoisotopic (exact) mass is 194 g/mol. The van der Waals surface area contributed by atoms with E-state index in [-0.39, 0.29) is 11.4 Å². The zero-order chi connectivity index (χ0) is 9.76. The highest BCUT2D eigenvalue weighted by molar-refractivity contribution is 5.72. The zero-order valence-electron chi connectivity index (χ0n) is 8.79. The number of ether oxygens (including phenoxy) is 1. The van der Waals surface area contributed by atoms with Crippen LogP contribution in [0.2, 0.25) is 0 Å². The van der Waals surface area contributed by atoms with Gasteiger partial charge in [0.2, 0.25) is 0 Å². The first kappa shape index (κ1) is 8.75. The minimum absolute atomic E-state index is 0.0469. The van der Waals surface area contributed by atoms with Gasteiger partial charge in [0, 0.05) is 5.41 Å². The Hall–Kier alpha value is -0.530. The van der Waals surface area contributed by atoms with Crippen molar-refractivity contribution in [3.8, 4) is 0 Å². The molecule has 0 aromatic heterocycles. The van der Waals surface area contributed by atoms with Gasteiger partial charge < -0.3 is 4.74 Å². The van der Waals surface area contributed by atoms with Gasteiger partial charge in [0.1, 0.15) is 0 Å². The SMILES string of the molecule is CCC1CC2CC1CC21COC(=O)C1. The third-order valence-electron chi connectivity index (χ3n) is 4.92. The topological polar surface area (TPSA) is 26.3 Å². The lowest BCUT2D eigenvalue weighted by molar-refractivity contribution is -0.137. The van der Waals surface area contributed by atoms with Crippen molar-refractivity contribution < 1.29 is 9.53 Å². The minimum Gasteiger partial charge on any atom is -0.465 e. The quantitative estimate of drug-likeness (QED) is 0.599. The number of hydrogen-bond acceptors (Lipinski definition) is 2. The molecule has 0 aromatic carbocycles. The van der Waals surface area contributed by atoms with Crippen molar-refractivity contribution in [1.82, 2.24) is 0 Å². The van der Waals surface area contributed by atoms with E-state index in [2.05, 4.69) is 6.92 Å². The Morgan fingerprint density at radius 1 is 1.50 bits per heavy atom. The Kier molecular flexibility index (Phi) is 1.71. The molecular weight excluding hydrogens is 176 g/mol. The highest BCUT2D eigenvalue weighted by atomic mass is 16.5.